The van der Waals surface area contributed by atoms with E-state index in [1.165, 1.54) is 36.4 Å². The molecule has 4 rings (SSSR count). The van der Waals surface area contributed by atoms with Crippen molar-refractivity contribution in [1.82, 2.24) is 0 Å². The number of carbonyl (C=O) groups is 2. The van der Waals surface area contributed by atoms with Crippen LogP contribution in [0.5, 0.6) is 0 Å². The molecule has 2 aromatic rings. The molecule has 7 heteroatoms. The molecule has 2 aliphatic rings. The lowest BCUT2D eigenvalue weighted by molar-refractivity contribution is -0.137. The van der Waals surface area contributed by atoms with Crippen molar-refractivity contribution in [2.75, 3.05) is 4.90 Å². The van der Waals surface area contributed by atoms with Crippen LogP contribution in [0.1, 0.15) is 42.7 Å². The Balaban J connectivity index is 1.91. The molecule has 29 heavy (non-hydrogen) atoms. The molecule has 2 aromatic carbocycles. The van der Waals surface area contributed by atoms with Crippen LogP contribution in [0.25, 0.3) is 0 Å². The summed E-state index contributed by atoms with van der Waals surface area (Å²) in [4.78, 5) is 26.8. The third-order valence-corrected chi connectivity index (χ3v) is 5.38. The maximum absolute atomic E-state index is 13.7. The van der Waals surface area contributed by atoms with Gasteiger partial charge in [0.2, 0.25) is 5.91 Å². The molecule has 1 atom stereocenters. The zero-order valence-corrected chi connectivity index (χ0v) is 15.3. The number of anilines is 1. The van der Waals surface area contributed by atoms with Crippen molar-refractivity contribution in [1.29, 1.82) is 0 Å². The first-order valence-corrected chi connectivity index (χ1v) is 9.28. The summed E-state index contributed by atoms with van der Waals surface area (Å²) < 4.78 is 54.4. The van der Waals surface area contributed by atoms with E-state index in [0.29, 0.717) is 29.7 Å². The number of amides is 1. The lowest BCUT2D eigenvalue weighted by Crippen LogP contribution is -2.41. The van der Waals surface area contributed by atoms with Crippen LogP contribution in [-0.2, 0) is 15.8 Å². The van der Waals surface area contributed by atoms with Gasteiger partial charge in [-0.15, -0.1) is 0 Å². The van der Waals surface area contributed by atoms with Gasteiger partial charge in [0.05, 0.1) is 11.3 Å². The predicted octanol–water partition coefficient (Wildman–Crippen LogP) is 5.37. The van der Waals surface area contributed by atoms with Gasteiger partial charge in [-0.05, 0) is 42.7 Å². The van der Waals surface area contributed by atoms with Gasteiger partial charge in [0.1, 0.15) is 5.82 Å². The highest BCUT2D eigenvalue weighted by Gasteiger charge is 2.43. The van der Waals surface area contributed by atoms with Gasteiger partial charge in [-0.3, -0.25) is 14.5 Å². The topological polar surface area (TPSA) is 37.4 Å². The molecule has 1 unspecified atom stereocenters. The predicted molar refractivity (Wildman–Crippen MR) is 98.6 cm³/mol. The van der Waals surface area contributed by atoms with Crippen molar-refractivity contribution in [3.05, 3.63) is 76.7 Å². The molecule has 0 bridgehead atoms. The van der Waals surface area contributed by atoms with Gasteiger partial charge in [0.25, 0.3) is 0 Å². The molecule has 0 saturated heterocycles. The number of nitrogens with zero attached hydrogens (tertiary/aromatic N) is 1. The van der Waals surface area contributed by atoms with E-state index in [4.69, 9.17) is 0 Å². The Bertz CT molecular complexity index is 1030. The zero-order chi connectivity index (χ0) is 20.8. The third kappa shape index (κ3) is 3.45. The summed E-state index contributed by atoms with van der Waals surface area (Å²) in [6, 6.07) is 10.5. The van der Waals surface area contributed by atoms with E-state index in [1.807, 2.05) is 0 Å². The van der Waals surface area contributed by atoms with Crippen LogP contribution >= 0.6 is 0 Å². The normalized spacial score (nSPS) is 20.1. The van der Waals surface area contributed by atoms with Gasteiger partial charge in [0, 0.05) is 30.0 Å². The molecule has 0 radical (unpaired) electrons. The summed E-state index contributed by atoms with van der Waals surface area (Å²) in [5.74, 6) is -1.90. The number of ketones is 1. The van der Waals surface area contributed by atoms with E-state index in [-0.39, 0.29) is 24.3 Å². The minimum Gasteiger partial charge on any atom is -0.294 e. The van der Waals surface area contributed by atoms with Crippen molar-refractivity contribution in [2.45, 2.75) is 37.8 Å². The van der Waals surface area contributed by atoms with Crippen molar-refractivity contribution in [2.24, 2.45) is 0 Å². The van der Waals surface area contributed by atoms with Crippen LogP contribution < -0.4 is 4.90 Å². The molecule has 1 amide bonds. The number of Topliss-reactive ketones (excluding diaryl/α,β-unsaturated/α-hetero) is 1. The number of allylic oxidation sites excluding steroid dienone is 2. The van der Waals surface area contributed by atoms with Gasteiger partial charge >= 0.3 is 6.18 Å². The number of benzene rings is 2. The summed E-state index contributed by atoms with van der Waals surface area (Å²) in [5.41, 5.74) is -0.112. The van der Waals surface area contributed by atoms with E-state index in [1.54, 1.807) is 6.07 Å². The van der Waals surface area contributed by atoms with E-state index < -0.39 is 29.4 Å². The maximum Gasteiger partial charge on any atom is 0.418 e. The van der Waals surface area contributed by atoms with Crippen LogP contribution in [0.4, 0.5) is 23.2 Å². The third-order valence-electron chi connectivity index (χ3n) is 5.38. The van der Waals surface area contributed by atoms with Crippen molar-refractivity contribution >= 4 is 17.4 Å². The van der Waals surface area contributed by atoms with Crippen LogP contribution in [0, 0.1) is 5.82 Å². The van der Waals surface area contributed by atoms with Crippen molar-refractivity contribution < 1.29 is 27.2 Å². The summed E-state index contributed by atoms with van der Waals surface area (Å²) in [6.07, 6.45) is -3.82. The maximum atomic E-state index is 13.7. The standard InChI is InChI=1S/C22H17F4NO2/c23-14-6-3-5-13(11-14)15-12-20(29)27(18-9-4-10-19(28)21(15)18)17-8-2-1-7-16(17)22(24,25)26/h1-3,5-8,11,15H,4,9-10,12H2. The minimum atomic E-state index is -4.64. The Kier molecular flexibility index (Phi) is 4.76. The average molecular weight is 403 g/mol. The molecule has 150 valence electrons. The highest BCUT2D eigenvalue weighted by Crippen LogP contribution is 2.46. The van der Waals surface area contributed by atoms with E-state index in [2.05, 4.69) is 0 Å². The van der Waals surface area contributed by atoms with Crippen LogP contribution in [-0.4, -0.2) is 11.7 Å². The Hall–Kier alpha value is -2.96. The Morgan fingerprint density at radius 3 is 2.45 bits per heavy atom. The van der Waals surface area contributed by atoms with Gasteiger partial charge in [-0.25, -0.2) is 4.39 Å². The number of hydrogen-bond acceptors (Lipinski definition) is 2. The quantitative estimate of drug-likeness (QED) is 0.632. The summed E-state index contributed by atoms with van der Waals surface area (Å²) in [5, 5.41) is 0. The van der Waals surface area contributed by atoms with Crippen LogP contribution in [0.15, 0.2) is 59.8 Å². The fraction of sp³-hybridized carbons (Fsp3) is 0.273. The molecule has 0 aromatic heterocycles. The lowest BCUT2D eigenvalue weighted by atomic mass is 9.77. The van der Waals surface area contributed by atoms with E-state index in [9.17, 15) is 27.2 Å². The molecular weight excluding hydrogens is 386 g/mol. The Morgan fingerprint density at radius 2 is 1.72 bits per heavy atom. The molecule has 1 heterocycles. The molecule has 0 saturated carbocycles. The largest absolute Gasteiger partial charge is 0.418 e. The van der Waals surface area contributed by atoms with E-state index >= 15 is 0 Å². The summed E-state index contributed by atoms with van der Waals surface area (Å²) in [7, 11) is 0. The van der Waals surface area contributed by atoms with E-state index in [0.717, 1.165) is 11.0 Å². The number of carbonyl (C=O) groups excluding carboxylic acids is 2. The van der Waals surface area contributed by atoms with Gasteiger partial charge in [-0.1, -0.05) is 24.3 Å². The molecule has 0 spiro atoms. The fourth-order valence-electron chi connectivity index (χ4n) is 4.19. The highest BCUT2D eigenvalue weighted by molar-refractivity contribution is 6.07. The minimum absolute atomic E-state index is 0.194. The molecule has 0 fully saturated rings. The van der Waals surface area contributed by atoms with Gasteiger partial charge < -0.3 is 0 Å². The number of halogens is 4. The van der Waals surface area contributed by atoms with Crippen molar-refractivity contribution in [3.63, 3.8) is 0 Å². The fourth-order valence-corrected chi connectivity index (χ4v) is 4.19. The Labute approximate surface area is 164 Å². The first-order chi connectivity index (χ1) is 13.8. The Morgan fingerprint density at radius 1 is 0.966 bits per heavy atom. The smallest absolute Gasteiger partial charge is 0.294 e. The van der Waals surface area contributed by atoms with Gasteiger partial charge in [0.15, 0.2) is 5.78 Å². The zero-order valence-electron chi connectivity index (χ0n) is 15.3. The van der Waals surface area contributed by atoms with Crippen molar-refractivity contribution in [3.8, 4) is 0 Å². The molecule has 3 nitrogen and oxygen atoms in total. The number of para-hydroxylation sites is 1. The first kappa shape index (κ1) is 19.4. The first-order valence-electron chi connectivity index (χ1n) is 9.28. The monoisotopic (exact) mass is 403 g/mol. The second-order valence-corrected chi connectivity index (χ2v) is 7.19. The molecular formula is C22H17F4NO2. The average Bonchev–Trinajstić information content (AvgIpc) is 2.67. The molecule has 0 N–H and O–H groups in total. The number of alkyl halides is 3. The van der Waals surface area contributed by atoms with Gasteiger partial charge in [-0.2, -0.15) is 13.2 Å². The van der Waals surface area contributed by atoms with Crippen LogP contribution in [0.3, 0.4) is 0 Å². The number of rotatable bonds is 2. The second-order valence-electron chi connectivity index (χ2n) is 7.19. The second kappa shape index (κ2) is 7.13. The summed E-state index contributed by atoms with van der Waals surface area (Å²) >= 11 is 0. The molecule has 1 aliphatic carbocycles. The molecule has 1 aliphatic heterocycles. The highest BCUT2D eigenvalue weighted by atomic mass is 19.4. The lowest BCUT2D eigenvalue weighted by Gasteiger charge is -2.39. The SMILES string of the molecule is O=C1CCCC2=C1C(c1cccc(F)c1)CC(=O)N2c1ccccc1C(F)(F)F. The number of hydrogen-bond donors (Lipinski definition) is 0. The summed E-state index contributed by atoms with van der Waals surface area (Å²) in [6.45, 7) is 0. The van der Waals surface area contributed by atoms with Crippen LogP contribution in [0.2, 0.25) is 0 Å².